The number of hydrogen-bond donors (Lipinski definition) is 0. The predicted molar refractivity (Wildman–Crippen MR) is 134 cm³/mol. The van der Waals surface area contributed by atoms with Crippen LogP contribution in [0.15, 0.2) is 53.9 Å². The maximum absolute atomic E-state index is 13.0. The van der Waals surface area contributed by atoms with Gasteiger partial charge in [0.25, 0.3) is 0 Å². The zero-order valence-electron chi connectivity index (χ0n) is 21.9. The molecule has 198 valence electrons. The molecule has 1 heterocycles. The lowest BCUT2D eigenvalue weighted by Crippen LogP contribution is -2.29. The molecule has 0 aromatic heterocycles. The fraction of sp³-hybridized carbons (Fsp3) is 0.333. The van der Waals surface area contributed by atoms with Gasteiger partial charge in [0.2, 0.25) is 5.75 Å². The standard InChI is InChI=1S/C27H31NO9/c1-31-20-10-8-16(12-22(20)33-3)13-28-14-18(26(29)36-6)23(19(15-28)27(30)37-7)17-9-11-21(32-2)25(35-5)24(17)34-4/h8-12,14-15,23H,13H2,1-7H3. The number of carbonyl (C=O) groups excluding carboxylic acids is 2. The fourth-order valence-corrected chi connectivity index (χ4v) is 4.26. The normalized spacial score (nSPS) is 13.2. The highest BCUT2D eigenvalue weighted by Gasteiger charge is 2.38. The summed E-state index contributed by atoms with van der Waals surface area (Å²) in [4.78, 5) is 27.8. The van der Waals surface area contributed by atoms with Crippen molar-refractivity contribution in [1.29, 1.82) is 0 Å². The molecule has 0 radical (unpaired) electrons. The van der Waals surface area contributed by atoms with E-state index in [9.17, 15) is 9.59 Å². The third-order valence-electron chi connectivity index (χ3n) is 5.93. The van der Waals surface area contributed by atoms with E-state index < -0.39 is 17.9 Å². The maximum atomic E-state index is 13.0. The van der Waals surface area contributed by atoms with Gasteiger partial charge in [0, 0.05) is 24.5 Å². The average Bonchev–Trinajstić information content (AvgIpc) is 2.94. The van der Waals surface area contributed by atoms with E-state index in [-0.39, 0.29) is 11.1 Å². The second-order valence-electron chi connectivity index (χ2n) is 7.87. The summed E-state index contributed by atoms with van der Waals surface area (Å²) in [6.07, 6.45) is 3.27. The van der Waals surface area contributed by atoms with Gasteiger partial charge < -0.3 is 38.1 Å². The van der Waals surface area contributed by atoms with Gasteiger partial charge in [0.15, 0.2) is 23.0 Å². The summed E-state index contributed by atoms with van der Waals surface area (Å²) in [6, 6.07) is 8.85. The van der Waals surface area contributed by atoms with Gasteiger partial charge >= 0.3 is 11.9 Å². The molecule has 10 nitrogen and oxygen atoms in total. The van der Waals surface area contributed by atoms with Crippen molar-refractivity contribution in [2.75, 3.05) is 49.8 Å². The third-order valence-corrected chi connectivity index (χ3v) is 5.93. The van der Waals surface area contributed by atoms with Crippen LogP contribution in [0.25, 0.3) is 0 Å². The molecule has 0 N–H and O–H groups in total. The highest BCUT2D eigenvalue weighted by molar-refractivity contribution is 5.99. The Morgan fingerprint density at radius 3 is 1.70 bits per heavy atom. The lowest BCUT2D eigenvalue weighted by atomic mass is 9.82. The number of benzene rings is 2. The minimum absolute atomic E-state index is 0.205. The summed E-state index contributed by atoms with van der Waals surface area (Å²) in [7, 11) is 10.1. The number of carbonyl (C=O) groups is 2. The molecule has 1 aliphatic rings. The predicted octanol–water partition coefficient (Wildman–Crippen LogP) is 3.44. The van der Waals surface area contributed by atoms with E-state index in [1.54, 1.807) is 49.7 Å². The van der Waals surface area contributed by atoms with Crippen LogP contribution in [-0.2, 0) is 25.6 Å². The Balaban J connectivity index is 2.17. The van der Waals surface area contributed by atoms with E-state index in [0.717, 1.165) is 5.56 Å². The average molecular weight is 514 g/mol. The molecule has 2 aromatic carbocycles. The first-order valence-electron chi connectivity index (χ1n) is 11.2. The van der Waals surface area contributed by atoms with Crippen molar-refractivity contribution < 1.29 is 42.7 Å². The first-order valence-corrected chi connectivity index (χ1v) is 11.2. The molecule has 0 saturated carbocycles. The Morgan fingerprint density at radius 2 is 1.22 bits per heavy atom. The highest BCUT2D eigenvalue weighted by atomic mass is 16.5. The monoisotopic (exact) mass is 513 g/mol. The van der Waals surface area contributed by atoms with Gasteiger partial charge in [0.1, 0.15) is 0 Å². The van der Waals surface area contributed by atoms with Gasteiger partial charge in [-0.1, -0.05) is 12.1 Å². The largest absolute Gasteiger partial charge is 0.493 e. The van der Waals surface area contributed by atoms with E-state index in [0.29, 0.717) is 40.9 Å². The molecule has 0 fully saturated rings. The summed E-state index contributed by atoms with van der Waals surface area (Å²) in [5, 5.41) is 0. The van der Waals surface area contributed by atoms with Gasteiger partial charge in [-0.05, 0) is 23.8 Å². The van der Waals surface area contributed by atoms with Crippen molar-refractivity contribution in [2.45, 2.75) is 12.5 Å². The number of hydrogen-bond acceptors (Lipinski definition) is 10. The minimum atomic E-state index is -0.865. The highest BCUT2D eigenvalue weighted by Crippen LogP contribution is 2.48. The topological polar surface area (TPSA) is 102 Å². The zero-order chi connectivity index (χ0) is 27.1. The number of ether oxygens (including phenoxy) is 7. The Morgan fingerprint density at radius 1 is 0.676 bits per heavy atom. The molecule has 10 heteroatoms. The molecule has 3 rings (SSSR count). The van der Waals surface area contributed by atoms with Crippen LogP contribution in [0.3, 0.4) is 0 Å². The second kappa shape index (κ2) is 12.1. The van der Waals surface area contributed by atoms with E-state index >= 15 is 0 Å². The Labute approximate surface area is 215 Å². The molecule has 0 bridgehead atoms. The number of esters is 2. The van der Waals surface area contributed by atoms with Crippen molar-refractivity contribution in [1.82, 2.24) is 4.90 Å². The molecule has 0 saturated heterocycles. The van der Waals surface area contributed by atoms with Crippen molar-refractivity contribution in [2.24, 2.45) is 0 Å². The summed E-state index contributed by atoms with van der Waals surface area (Å²) in [5.41, 5.74) is 1.76. The Hall–Kier alpha value is -4.34. The zero-order valence-corrected chi connectivity index (χ0v) is 21.9. The first-order chi connectivity index (χ1) is 17.9. The van der Waals surface area contributed by atoms with Crippen LogP contribution in [0, 0.1) is 0 Å². The smallest absolute Gasteiger partial charge is 0.336 e. The molecule has 0 spiro atoms. The molecule has 37 heavy (non-hydrogen) atoms. The van der Waals surface area contributed by atoms with E-state index in [4.69, 9.17) is 33.2 Å². The van der Waals surface area contributed by atoms with Crippen LogP contribution in [-0.4, -0.2) is 66.6 Å². The Kier molecular flexibility index (Phi) is 8.89. The first kappa shape index (κ1) is 27.3. The van der Waals surface area contributed by atoms with Crippen LogP contribution < -0.4 is 23.7 Å². The van der Waals surface area contributed by atoms with Crippen molar-refractivity contribution in [3.8, 4) is 28.7 Å². The second-order valence-corrected chi connectivity index (χ2v) is 7.87. The SMILES string of the molecule is COC(=O)C1=CN(Cc2ccc(OC)c(OC)c2)C=C(C(=O)OC)C1c1ccc(OC)c(OC)c1OC. The van der Waals surface area contributed by atoms with Crippen molar-refractivity contribution in [3.63, 3.8) is 0 Å². The van der Waals surface area contributed by atoms with E-state index in [2.05, 4.69) is 0 Å². The summed E-state index contributed by atoms with van der Waals surface area (Å²) < 4.78 is 37.5. The molecule has 0 unspecified atom stereocenters. The maximum Gasteiger partial charge on any atom is 0.336 e. The van der Waals surface area contributed by atoms with E-state index in [1.165, 1.54) is 35.5 Å². The van der Waals surface area contributed by atoms with Gasteiger partial charge in [-0.2, -0.15) is 0 Å². The van der Waals surface area contributed by atoms with Crippen molar-refractivity contribution in [3.05, 3.63) is 65.0 Å². The fourth-order valence-electron chi connectivity index (χ4n) is 4.26. The van der Waals surface area contributed by atoms with Gasteiger partial charge in [-0.15, -0.1) is 0 Å². The van der Waals surface area contributed by atoms with Crippen LogP contribution in [0.1, 0.15) is 17.0 Å². The molecule has 2 aromatic rings. The summed E-state index contributed by atoms with van der Waals surface area (Å²) in [6.45, 7) is 0.317. The van der Waals surface area contributed by atoms with Gasteiger partial charge in [0.05, 0.1) is 66.8 Å². The Bertz CT molecular complexity index is 1180. The molecule has 0 atom stereocenters. The van der Waals surface area contributed by atoms with Crippen LogP contribution in [0.2, 0.25) is 0 Å². The summed E-state index contributed by atoms with van der Waals surface area (Å²) in [5.74, 6) is 0.106. The van der Waals surface area contributed by atoms with E-state index in [1.807, 2.05) is 12.1 Å². The lowest BCUT2D eigenvalue weighted by Gasteiger charge is -2.31. The van der Waals surface area contributed by atoms with Crippen LogP contribution >= 0.6 is 0 Å². The quantitative estimate of drug-likeness (QED) is 0.439. The van der Waals surface area contributed by atoms with Crippen molar-refractivity contribution >= 4 is 11.9 Å². The number of nitrogens with zero attached hydrogens (tertiary/aromatic N) is 1. The van der Waals surface area contributed by atoms with Gasteiger partial charge in [-0.3, -0.25) is 0 Å². The minimum Gasteiger partial charge on any atom is -0.493 e. The lowest BCUT2D eigenvalue weighted by molar-refractivity contribution is -0.137. The number of rotatable bonds is 10. The van der Waals surface area contributed by atoms with Crippen LogP contribution in [0.4, 0.5) is 0 Å². The number of methoxy groups -OCH3 is 7. The molecule has 0 aliphatic carbocycles. The molecule has 0 amide bonds. The molecular weight excluding hydrogens is 482 g/mol. The summed E-state index contributed by atoms with van der Waals surface area (Å²) >= 11 is 0. The molecule has 1 aliphatic heterocycles. The van der Waals surface area contributed by atoms with Gasteiger partial charge in [-0.25, -0.2) is 9.59 Å². The third kappa shape index (κ3) is 5.42. The molecular formula is C27H31NO9. The van der Waals surface area contributed by atoms with Crippen LogP contribution in [0.5, 0.6) is 28.7 Å².